The molecular weight excluding hydrogens is 184 g/mol. The maximum Gasteiger partial charge on any atom is 0.307 e. The molecule has 4 heteroatoms. The lowest BCUT2D eigenvalue weighted by atomic mass is 9.90. The van der Waals surface area contributed by atoms with Crippen molar-refractivity contribution in [2.45, 2.75) is 39.5 Å². The molecule has 0 heterocycles. The Bertz CT molecular complexity index is 200. The maximum absolute atomic E-state index is 10.7. The molecule has 0 unspecified atom stereocenters. The summed E-state index contributed by atoms with van der Waals surface area (Å²) in [5.41, 5.74) is 0. The Morgan fingerprint density at radius 2 is 1.86 bits per heavy atom. The van der Waals surface area contributed by atoms with Gasteiger partial charge in [0.05, 0.1) is 12.3 Å². The zero-order chi connectivity index (χ0) is 11.1. The number of carboxylic acid groups (broad SMARTS) is 2. The first kappa shape index (κ1) is 12.9. The van der Waals surface area contributed by atoms with Crippen molar-refractivity contribution >= 4 is 11.9 Å². The first-order valence-electron chi connectivity index (χ1n) is 4.92. The van der Waals surface area contributed by atoms with E-state index in [9.17, 15) is 9.59 Å². The van der Waals surface area contributed by atoms with E-state index in [0.29, 0.717) is 6.42 Å². The summed E-state index contributed by atoms with van der Waals surface area (Å²) < 4.78 is 0. The van der Waals surface area contributed by atoms with Gasteiger partial charge in [-0.25, -0.2) is 0 Å². The standard InChI is InChI=1S/C10H18O4/c1-3-4-7(2)5-8(10(13)14)6-9(11)12/h7-8H,3-6H2,1-2H3,(H,11,12)(H,13,14)/t7-,8+/m1/s1. The predicted molar refractivity (Wildman–Crippen MR) is 52.1 cm³/mol. The van der Waals surface area contributed by atoms with Gasteiger partial charge in [-0.1, -0.05) is 26.7 Å². The van der Waals surface area contributed by atoms with Crippen LogP contribution in [-0.4, -0.2) is 22.2 Å². The van der Waals surface area contributed by atoms with Gasteiger partial charge in [0.25, 0.3) is 0 Å². The number of carboxylic acids is 2. The van der Waals surface area contributed by atoms with Gasteiger partial charge in [-0.3, -0.25) is 9.59 Å². The molecule has 0 radical (unpaired) electrons. The number of hydrogen-bond acceptors (Lipinski definition) is 2. The van der Waals surface area contributed by atoms with Crippen molar-refractivity contribution in [1.29, 1.82) is 0 Å². The van der Waals surface area contributed by atoms with Crippen LogP contribution in [0.5, 0.6) is 0 Å². The van der Waals surface area contributed by atoms with Gasteiger partial charge >= 0.3 is 11.9 Å². The molecule has 0 rings (SSSR count). The van der Waals surface area contributed by atoms with Crippen molar-refractivity contribution in [1.82, 2.24) is 0 Å². The average Bonchev–Trinajstić information content (AvgIpc) is 2.02. The third kappa shape index (κ3) is 5.56. The van der Waals surface area contributed by atoms with Crippen LogP contribution < -0.4 is 0 Å². The predicted octanol–water partition coefficient (Wildman–Crippen LogP) is 1.99. The Hall–Kier alpha value is -1.06. The summed E-state index contributed by atoms with van der Waals surface area (Å²) in [7, 11) is 0. The molecule has 4 nitrogen and oxygen atoms in total. The van der Waals surface area contributed by atoms with Gasteiger partial charge in [-0.05, 0) is 12.3 Å². The summed E-state index contributed by atoms with van der Waals surface area (Å²) in [4.78, 5) is 21.1. The minimum Gasteiger partial charge on any atom is -0.481 e. The number of aliphatic carboxylic acids is 2. The molecule has 0 aliphatic carbocycles. The van der Waals surface area contributed by atoms with Crippen LogP contribution in [0.1, 0.15) is 39.5 Å². The van der Waals surface area contributed by atoms with Gasteiger partial charge in [0.1, 0.15) is 0 Å². The minimum atomic E-state index is -1.04. The topological polar surface area (TPSA) is 74.6 Å². The quantitative estimate of drug-likeness (QED) is 0.662. The highest BCUT2D eigenvalue weighted by Gasteiger charge is 2.22. The van der Waals surface area contributed by atoms with Crippen molar-refractivity contribution < 1.29 is 19.8 Å². The van der Waals surface area contributed by atoms with E-state index < -0.39 is 17.9 Å². The van der Waals surface area contributed by atoms with E-state index in [-0.39, 0.29) is 12.3 Å². The average molecular weight is 202 g/mol. The van der Waals surface area contributed by atoms with E-state index in [2.05, 4.69) is 0 Å². The molecule has 0 aliphatic rings. The molecule has 0 spiro atoms. The van der Waals surface area contributed by atoms with Gasteiger partial charge in [0, 0.05) is 0 Å². The van der Waals surface area contributed by atoms with Gasteiger partial charge in [0.2, 0.25) is 0 Å². The molecular formula is C10H18O4. The lowest BCUT2D eigenvalue weighted by Gasteiger charge is -2.15. The van der Waals surface area contributed by atoms with E-state index in [0.717, 1.165) is 12.8 Å². The maximum atomic E-state index is 10.7. The summed E-state index contributed by atoms with van der Waals surface area (Å²) in [6.45, 7) is 3.99. The molecule has 0 saturated carbocycles. The summed E-state index contributed by atoms with van der Waals surface area (Å²) >= 11 is 0. The third-order valence-corrected chi connectivity index (χ3v) is 2.24. The number of carbonyl (C=O) groups is 2. The first-order chi connectivity index (χ1) is 6.47. The fourth-order valence-electron chi connectivity index (χ4n) is 1.58. The molecule has 2 N–H and O–H groups in total. The lowest BCUT2D eigenvalue weighted by Crippen LogP contribution is -2.20. The Morgan fingerprint density at radius 3 is 2.21 bits per heavy atom. The smallest absolute Gasteiger partial charge is 0.307 e. The van der Waals surface area contributed by atoms with Crippen molar-refractivity contribution in [3.8, 4) is 0 Å². The molecule has 0 aromatic carbocycles. The largest absolute Gasteiger partial charge is 0.481 e. The summed E-state index contributed by atoms with van der Waals surface area (Å²) in [6.07, 6.45) is 2.13. The lowest BCUT2D eigenvalue weighted by molar-refractivity contribution is -0.148. The summed E-state index contributed by atoms with van der Waals surface area (Å²) in [5.74, 6) is -2.51. The van der Waals surface area contributed by atoms with Gasteiger partial charge < -0.3 is 10.2 Å². The molecule has 0 aliphatic heterocycles. The third-order valence-electron chi connectivity index (χ3n) is 2.24. The second kappa shape index (κ2) is 6.40. The molecule has 0 aromatic heterocycles. The van der Waals surface area contributed by atoms with Crippen LogP contribution in [0.2, 0.25) is 0 Å². The van der Waals surface area contributed by atoms with Crippen LogP contribution >= 0.6 is 0 Å². The van der Waals surface area contributed by atoms with Crippen LogP contribution in [0, 0.1) is 11.8 Å². The van der Waals surface area contributed by atoms with E-state index in [1.165, 1.54) is 0 Å². The monoisotopic (exact) mass is 202 g/mol. The Balaban J connectivity index is 4.08. The highest BCUT2D eigenvalue weighted by molar-refractivity contribution is 5.77. The van der Waals surface area contributed by atoms with Crippen LogP contribution in [-0.2, 0) is 9.59 Å². The number of rotatable bonds is 7. The van der Waals surface area contributed by atoms with Crippen molar-refractivity contribution in [2.75, 3.05) is 0 Å². The van der Waals surface area contributed by atoms with E-state index in [4.69, 9.17) is 10.2 Å². The highest BCUT2D eigenvalue weighted by Crippen LogP contribution is 2.19. The molecule has 0 amide bonds. The Kier molecular flexibility index (Phi) is 5.92. The van der Waals surface area contributed by atoms with Crippen LogP contribution in [0.4, 0.5) is 0 Å². The molecule has 0 bridgehead atoms. The summed E-state index contributed by atoms with van der Waals surface area (Å²) in [5, 5.41) is 17.3. The zero-order valence-corrected chi connectivity index (χ0v) is 8.69. The van der Waals surface area contributed by atoms with E-state index >= 15 is 0 Å². The second-order valence-electron chi connectivity index (χ2n) is 3.76. The fraction of sp³-hybridized carbons (Fsp3) is 0.800. The van der Waals surface area contributed by atoms with E-state index in [1.54, 1.807) is 0 Å². The molecule has 2 atom stereocenters. The van der Waals surface area contributed by atoms with Crippen molar-refractivity contribution in [3.05, 3.63) is 0 Å². The molecule has 82 valence electrons. The molecule has 0 fully saturated rings. The van der Waals surface area contributed by atoms with Crippen LogP contribution in [0.25, 0.3) is 0 Å². The van der Waals surface area contributed by atoms with Gasteiger partial charge in [-0.15, -0.1) is 0 Å². The first-order valence-corrected chi connectivity index (χ1v) is 4.92. The van der Waals surface area contributed by atoms with Crippen molar-refractivity contribution in [2.24, 2.45) is 11.8 Å². The van der Waals surface area contributed by atoms with Crippen LogP contribution in [0.3, 0.4) is 0 Å². The number of hydrogen-bond donors (Lipinski definition) is 2. The molecule has 0 saturated heterocycles. The highest BCUT2D eigenvalue weighted by atomic mass is 16.4. The summed E-state index contributed by atoms with van der Waals surface area (Å²) in [6, 6.07) is 0. The normalized spacial score (nSPS) is 14.7. The zero-order valence-electron chi connectivity index (χ0n) is 8.69. The van der Waals surface area contributed by atoms with Gasteiger partial charge in [-0.2, -0.15) is 0 Å². The fourth-order valence-corrected chi connectivity index (χ4v) is 1.58. The Labute approximate surface area is 83.9 Å². The molecule has 0 aromatic rings. The van der Waals surface area contributed by atoms with E-state index in [1.807, 2.05) is 13.8 Å². The Morgan fingerprint density at radius 1 is 1.29 bits per heavy atom. The van der Waals surface area contributed by atoms with Crippen molar-refractivity contribution in [3.63, 3.8) is 0 Å². The van der Waals surface area contributed by atoms with Crippen LogP contribution in [0.15, 0.2) is 0 Å². The molecule has 14 heavy (non-hydrogen) atoms. The minimum absolute atomic E-state index is 0.274. The second-order valence-corrected chi connectivity index (χ2v) is 3.76. The SMILES string of the molecule is CCC[C@@H](C)C[C@@H](CC(=O)O)C(=O)O. The van der Waals surface area contributed by atoms with Gasteiger partial charge in [0.15, 0.2) is 0 Å².